The van der Waals surface area contributed by atoms with Crippen LogP contribution < -0.4 is 4.90 Å². The number of anilines is 1. The highest BCUT2D eigenvalue weighted by Gasteiger charge is 2.26. The first-order chi connectivity index (χ1) is 13.6. The second-order valence-corrected chi connectivity index (χ2v) is 7.77. The molecular weight excluding hydrogens is 376 g/mol. The number of pyridine rings is 1. The predicted octanol–water partition coefficient (Wildman–Crippen LogP) is 4.14. The second-order valence-electron chi connectivity index (χ2n) is 7.34. The first kappa shape index (κ1) is 18.7. The molecule has 28 heavy (non-hydrogen) atoms. The Morgan fingerprint density at radius 1 is 1.36 bits per heavy atom. The molecule has 0 saturated carbocycles. The van der Waals surface area contributed by atoms with Gasteiger partial charge in [-0.05, 0) is 43.0 Å². The van der Waals surface area contributed by atoms with Gasteiger partial charge in [-0.2, -0.15) is 4.98 Å². The highest BCUT2D eigenvalue weighted by atomic mass is 35.5. The van der Waals surface area contributed by atoms with Crippen molar-refractivity contribution in [2.75, 3.05) is 25.0 Å². The number of rotatable bonds is 5. The number of carbonyl (C=O) groups is 1. The van der Waals surface area contributed by atoms with Crippen LogP contribution >= 0.6 is 11.6 Å². The van der Waals surface area contributed by atoms with E-state index in [4.69, 9.17) is 16.0 Å². The minimum atomic E-state index is 0.141. The van der Waals surface area contributed by atoms with Gasteiger partial charge in [0.2, 0.25) is 5.91 Å². The Hall–Kier alpha value is -2.60. The Kier molecular flexibility index (Phi) is 5.48. The maximum Gasteiger partial charge on any atom is 0.298 e. The molecule has 1 saturated heterocycles. The van der Waals surface area contributed by atoms with Crippen LogP contribution in [0.1, 0.15) is 25.0 Å². The van der Waals surface area contributed by atoms with Crippen LogP contribution in [-0.4, -0.2) is 40.9 Å². The van der Waals surface area contributed by atoms with E-state index in [1.165, 1.54) is 0 Å². The van der Waals surface area contributed by atoms with Gasteiger partial charge in [-0.15, -0.1) is 0 Å². The number of hydrogen-bond donors (Lipinski definition) is 0. The topological polar surface area (TPSA) is 62.5 Å². The quantitative estimate of drug-likeness (QED) is 0.646. The van der Waals surface area contributed by atoms with E-state index in [0.29, 0.717) is 29.6 Å². The zero-order valence-electron chi connectivity index (χ0n) is 15.8. The molecule has 7 heteroatoms. The molecule has 146 valence electrons. The first-order valence-corrected chi connectivity index (χ1v) is 9.91. The fourth-order valence-corrected chi connectivity index (χ4v) is 3.81. The summed E-state index contributed by atoms with van der Waals surface area (Å²) >= 11 is 6.03. The molecule has 0 N–H and O–H groups in total. The molecule has 0 radical (unpaired) electrons. The normalized spacial score (nSPS) is 17.1. The number of carbonyl (C=O) groups excluding carboxylic acids is 1. The lowest BCUT2D eigenvalue weighted by atomic mass is 9.94. The number of benzene rings is 1. The van der Waals surface area contributed by atoms with Crippen molar-refractivity contribution in [3.05, 3.63) is 53.3 Å². The lowest BCUT2D eigenvalue weighted by molar-refractivity contribution is -0.131. The molecule has 3 heterocycles. The van der Waals surface area contributed by atoms with Gasteiger partial charge in [0.05, 0.1) is 12.2 Å². The summed E-state index contributed by atoms with van der Waals surface area (Å²) in [5, 5.41) is 0.633. The number of amides is 1. The average molecular weight is 399 g/mol. The van der Waals surface area contributed by atoms with E-state index in [9.17, 15) is 4.79 Å². The third-order valence-electron chi connectivity index (χ3n) is 5.14. The van der Waals surface area contributed by atoms with Gasteiger partial charge < -0.3 is 14.2 Å². The van der Waals surface area contributed by atoms with Gasteiger partial charge in [-0.25, -0.2) is 0 Å². The van der Waals surface area contributed by atoms with Crippen molar-refractivity contribution in [3.63, 3.8) is 0 Å². The lowest BCUT2D eigenvalue weighted by Crippen LogP contribution is -2.38. The number of piperidine rings is 1. The molecule has 1 aromatic carbocycles. The van der Waals surface area contributed by atoms with Gasteiger partial charge in [0, 0.05) is 43.8 Å². The molecule has 1 fully saturated rings. The van der Waals surface area contributed by atoms with Crippen LogP contribution in [0, 0.1) is 5.92 Å². The summed E-state index contributed by atoms with van der Waals surface area (Å²) in [7, 11) is 1.84. The molecular formula is C21H23ClN4O2. The second kappa shape index (κ2) is 8.19. The number of aromatic nitrogens is 2. The van der Waals surface area contributed by atoms with Crippen molar-refractivity contribution in [2.45, 2.75) is 25.8 Å². The summed E-state index contributed by atoms with van der Waals surface area (Å²) in [5.74, 6) is 0.424. The monoisotopic (exact) mass is 398 g/mol. The van der Waals surface area contributed by atoms with Gasteiger partial charge in [-0.1, -0.05) is 17.7 Å². The molecule has 0 spiro atoms. The van der Waals surface area contributed by atoms with Crippen LogP contribution in [0.3, 0.4) is 0 Å². The zero-order chi connectivity index (χ0) is 19.5. The van der Waals surface area contributed by atoms with E-state index in [0.717, 1.165) is 37.1 Å². The molecule has 6 nitrogen and oxygen atoms in total. The fraction of sp³-hybridized carbons (Fsp3) is 0.381. The molecule has 3 aromatic rings. The average Bonchev–Trinajstić information content (AvgIpc) is 3.12. The summed E-state index contributed by atoms with van der Waals surface area (Å²) in [6, 6.07) is 11.8. The standard InChI is InChI=1S/C21H23ClN4O2/c1-25(14-17-6-2-3-9-23-17)20(27)11-15-5-4-10-26(13-15)21-24-18-8-7-16(22)12-19(18)28-21/h2-3,6-9,12,15H,4-5,10-11,13-14H2,1H3. The minimum absolute atomic E-state index is 0.141. The molecule has 2 aromatic heterocycles. The third-order valence-corrected chi connectivity index (χ3v) is 5.38. The molecule has 1 amide bonds. The lowest BCUT2D eigenvalue weighted by Gasteiger charge is -2.32. The molecule has 0 aliphatic carbocycles. The third kappa shape index (κ3) is 4.28. The van der Waals surface area contributed by atoms with E-state index in [1.807, 2.05) is 37.4 Å². The Bertz CT molecular complexity index is 959. The maximum absolute atomic E-state index is 12.7. The largest absolute Gasteiger partial charge is 0.423 e. The van der Waals surface area contributed by atoms with Crippen LogP contribution in [0.15, 0.2) is 47.0 Å². The molecule has 0 bridgehead atoms. The Labute approximate surface area is 169 Å². The highest BCUT2D eigenvalue weighted by molar-refractivity contribution is 6.31. The number of oxazole rings is 1. The minimum Gasteiger partial charge on any atom is -0.423 e. The van der Waals surface area contributed by atoms with Crippen molar-refractivity contribution in [3.8, 4) is 0 Å². The number of fused-ring (bicyclic) bond motifs is 1. The van der Waals surface area contributed by atoms with E-state index in [-0.39, 0.29) is 11.8 Å². The summed E-state index contributed by atoms with van der Waals surface area (Å²) in [6.07, 6.45) is 4.32. The molecule has 1 aliphatic rings. The smallest absolute Gasteiger partial charge is 0.298 e. The van der Waals surface area contributed by atoms with Crippen LogP contribution in [0.25, 0.3) is 11.1 Å². The van der Waals surface area contributed by atoms with Gasteiger partial charge >= 0.3 is 0 Å². The van der Waals surface area contributed by atoms with E-state index < -0.39 is 0 Å². The summed E-state index contributed by atoms with van der Waals surface area (Å²) in [5.41, 5.74) is 2.39. The number of nitrogens with zero attached hydrogens (tertiary/aromatic N) is 4. The van der Waals surface area contributed by atoms with E-state index in [2.05, 4.69) is 14.9 Å². The first-order valence-electron chi connectivity index (χ1n) is 9.53. The zero-order valence-corrected chi connectivity index (χ0v) is 16.6. The van der Waals surface area contributed by atoms with Crippen LogP contribution in [0.4, 0.5) is 6.01 Å². The van der Waals surface area contributed by atoms with Gasteiger partial charge in [0.15, 0.2) is 5.58 Å². The van der Waals surface area contributed by atoms with Crippen molar-refractivity contribution in [1.82, 2.24) is 14.9 Å². The SMILES string of the molecule is CN(Cc1ccccn1)C(=O)CC1CCCN(c2nc3ccc(Cl)cc3o2)C1. The molecule has 1 aliphatic heterocycles. The van der Waals surface area contributed by atoms with Crippen molar-refractivity contribution in [2.24, 2.45) is 5.92 Å². The van der Waals surface area contributed by atoms with Crippen molar-refractivity contribution in [1.29, 1.82) is 0 Å². The maximum atomic E-state index is 12.7. The molecule has 1 unspecified atom stereocenters. The number of halogens is 1. The Morgan fingerprint density at radius 3 is 3.07 bits per heavy atom. The fourth-order valence-electron chi connectivity index (χ4n) is 3.65. The Morgan fingerprint density at radius 2 is 2.25 bits per heavy atom. The predicted molar refractivity (Wildman–Crippen MR) is 109 cm³/mol. The number of hydrogen-bond acceptors (Lipinski definition) is 5. The summed E-state index contributed by atoms with van der Waals surface area (Å²) < 4.78 is 5.89. The van der Waals surface area contributed by atoms with Crippen LogP contribution in [0.5, 0.6) is 0 Å². The molecule has 4 rings (SSSR count). The van der Waals surface area contributed by atoms with Crippen molar-refractivity contribution >= 4 is 34.6 Å². The highest BCUT2D eigenvalue weighted by Crippen LogP contribution is 2.29. The van der Waals surface area contributed by atoms with Gasteiger partial charge in [-0.3, -0.25) is 9.78 Å². The summed E-state index contributed by atoms with van der Waals surface area (Å²) in [4.78, 5) is 25.4. The van der Waals surface area contributed by atoms with Gasteiger partial charge in [0.25, 0.3) is 6.01 Å². The van der Waals surface area contributed by atoms with Crippen molar-refractivity contribution < 1.29 is 9.21 Å². The molecule has 1 atom stereocenters. The van der Waals surface area contributed by atoms with Gasteiger partial charge in [0.1, 0.15) is 5.52 Å². The van der Waals surface area contributed by atoms with E-state index >= 15 is 0 Å². The van der Waals surface area contributed by atoms with E-state index in [1.54, 1.807) is 17.2 Å². The van der Waals surface area contributed by atoms with Crippen LogP contribution in [-0.2, 0) is 11.3 Å². The Balaban J connectivity index is 1.38. The van der Waals surface area contributed by atoms with Crippen LogP contribution in [0.2, 0.25) is 5.02 Å². The summed E-state index contributed by atoms with van der Waals surface area (Å²) in [6.45, 7) is 2.18.